The molecule has 19 heavy (non-hydrogen) atoms. The predicted octanol–water partition coefficient (Wildman–Crippen LogP) is 4.43. The van der Waals surface area contributed by atoms with Gasteiger partial charge in [-0.3, -0.25) is 0 Å². The van der Waals surface area contributed by atoms with E-state index in [-0.39, 0.29) is 5.82 Å². The summed E-state index contributed by atoms with van der Waals surface area (Å²) < 4.78 is 27.4. The van der Waals surface area contributed by atoms with Crippen molar-refractivity contribution in [2.75, 3.05) is 0 Å². The van der Waals surface area contributed by atoms with Gasteiger partial charge in [-0.25, -0.2) is 8.78 Å². The van der Waals surface area contributed by atoms with Crippen molar-refractivity contribution in [3.05, 3.63) is 68.7 Å². The lowest BCUT2D eigenvalue weighted by molar-refractivity contribution is 0.219. The quantitative estimate of drug-likeness (QED) is 0.865. The summed E-state index contributed by atoms with van der Waals surface area (Å²) >= 11 is 3.18. The van der Waals surface area contributed by atoms with Crippen LogP contribution in [0.2, 0.25) is 0 Å². The van der Waals surface area contributed by atoms with Crippen LogP contribution in [0.4, 0.5) is 8.78 Å². The molecule has 2 rings (SSSR count). The highest BCUT2D eigenvalue weighted by Crippen LogP contribution is 2.28. The van der Waals surface area contributed by atoms with E-state index in [1.54, 1.807) is 32.0 Å². The van der Waals surface area contributed by atoms with E-state index in [1.165, 1.54) is 12.1 Å². The summed E-state index contributed by atoms with van der Waals surface area (Å²) in [4.78, 5) is 0. The molecule has 4 heteroatoms. The lowest BCUT2D eigenvalue weighted by atomic mass is 9.97. The van der Waals surface area contributed by atoms with Gasteiger partial charge in [-0.1, -0.05) is 28.1 Å². The molecule has 1 N–H and O–H groups in total. The Morgan fingerprint density at radius 2 is 1.47 bits per heavy atom. The normalized spacial score (nSPS) is 12.5. The Morgan fingerprint density at radius 1 is 0.947 bits per heavy atom. The minimum atomic E-state index is -0.981. The maximum atomic E-state index is 13.6. The van der Waals surface area contributed by atoms with Crippen LogP contribution in [0.15, 0.2) is 34.8 Å². The molecule has 2 aromatic carbocycles. The van der Waals surface area contributed by atoms with Gasteiger partial charge >= 0.3 is 0 Å². The van der Waals surface area contributed by atoms with E-state index in [0.717, 1.165) is 0 Å². The third kappa shape index (κ3) is 3.01. The smallest absolute Gasteiger partial charge is 0.129 e. The van der Waals surface area contributed by atoms with Crippen LogP contribution in [0.5, 0.6) is 0 Å². The van der Waals surface area contributed by atoms with Gasteiger partial charge < -0.3 is 5.11 Å². The second-order valence-electron chi connectivity index (χ2n) is 4.57. The fraction of sp³-hybridized carbons (Fsp3) is 0.200. The fourth-order valence-corrected chi connectivity index (χ4v) is 2.55. The van der Waals surface area contributed by atoms with Crippen LogP contribution >= 0.6 is 15.9 Å². The first kappa shape index (κ1) is 14.2. The summed E-state index contributed by atoms with van der Waals surface area (Å²) in [6.07, 6.45) is -0.981. The van der Waals surface area contributed by atoms with Gasteiger partial charge in [-0.15, -0.1) is 0 Å². The molecule has 100 valence electrons. The highest BCUT2D eigenvalue weighted by Gasteiger charge is 2.15. The zero-order valence-electron chi connectivity index (χ0n) is 10.5. The molecule has 0 aromatic heterocycles. The number of aliphatic hydroxyl groups excluding tert-OH is 1. The standard InChI is InChI=1S/C15H13BrF2O/c1-8-3-10(4-9(2)14(8)18)15(19)11-5-12(16)7-13(17)6-11/h3-7,15,19H,1-2H3. The van der Waals surface area contributed by atoms with Crippen LogP contribution in [0.3, 0.4) is 0 Å². The summed E-state index contributed by atoms with van der Waals surface area (Å²) in [5.74, 6) is -0.713. The monoisotopic (exact) mass is 326 g/mol. The topological polar surface area (TPSA) is 20.2 Å². The van der Waals surface area contributed by atoms with E-state index >= 15 is 0 Å². The average molecular weight is 327 g/mol. The fourth-order valence-electron chi connectivity index (χ4n) is 2.06. The van der Waals surface area contributed by atoms with Gasteiger partial charge in [0, 0.05) is 4.47 Å². The van der Waals surface area contributed by atoms with E-state index < -0.39 is 11.9 Å². The Labute approximate surface area is 119 Å². The molecule has 0 saturated heterocycles. The highest BCUT2D eigenvalue weighted by molar-refractivity contribution is 9.10. The van der Waals surface area contributed by atoms with E-state index in [0.29, 0.717) is 26.7 Å². The van der Waals surface area contributed by atoms with Crippen molar-refractivity contribution in [1.29, 1.82) is 0 Å². The number of halogens is 3. The molecule has 0 amide bonds. The Morgan fingerprint density at radius 3 is 2.00 bits per heavy atom. The van der Waals surface area contributed by atoms with Crippen molar-refractivity contribution in [2.24, 2.45) is 0 Å². The van der Waals surface area contributed by atoms with Crippen LogP contribution in [0, 0.1) is 25.5 Å². The first-order chi connectivity index (χ1) is 8.88. The van der Waals surface area contributed by atoms with Crippen molar-refractivity contribution in [3.63, 3.8) is 0 Å². The maximum Gasteiger partial charge on any atom is 0.129 e. The SMILES string of the molecule is Cc1cc(C(O)c2cc(F)cc(Br)c2)cc(C)c1F. The summed E-state index contributed by atoms with van der Waals surface area (Å²) in [6, 6.07) is 7.38. The summed E-state index contributed by atoms with van der Waals surface area (Å²) in [5.41, 5.74) is 1.90. The summed E-state index contributed by atoms with van der Waals surface area (Å²) in [6.45, 7) is 3.28. The minimum Gasteiger partial charge on any atom is -0.384 e. The van der Waals surface area contributed by atoms with Crippen molar-refractivity contribution in [1.82, 2.24) is 0 Å². The molecule has 0 spiro atoms. The molecule has 0 saturated carbocycles. The molecule has 0 aliphatic rings. The average Bonchev–Trinajstić information content (AvgIpc) is 2.33. The first-order valence-corrected chi connectivity index (χ1v) is 6.58. The van der Waals surface area contributed by atoms with Crippen molar-refractivity contribution in [2.45, 2.75) is 20.0 Å². The van der Waals surface area contributed by atoms with Crippen molar-refractivity contribution in [3.8, 4) is 0 Å². The lowest BCUT2D eigenvalue weighted by Crippen LogP contribution is -2.03. The molecule has 2 aromatic rings. The van der Waals surface area contributed by atoms with Gasteiger partial charge in [-0.05, 0) is 54.3 Å². The van der Waals surface area contributed by atoms with Gasteiger partial charge in [0.05, 0.1) is 0 Å². The van der Waals surface area contributed by atoms with Crippen LogP contribution in [-0.4, -0.2) is 5.11 Å². The largest absolute Gasteiger partial charge is 0.384 e. The highest BCUT2D eigenvalue weighted by atomic mass is 79.9. The second-order valence-corrected chi connectivity index (χ2v) is 5.49. The molecular weight excluding hydrogens is 314 g/mol. The van der Waals surface area contributed by atoms with Crippen molar-refractivity contribution < 1.29 is 13.9 Å². The molecule has 1 nitrogen and oxygen atoms in total. The number of hydrogen-bond acceptors (Lipinski definition) is 1. The lowest BCUT2D eigenvalue weighted by Gasteiger charge is -2.14. The van der Waals surface area contributed by atoms with Gasteiger partial charge in [-0.2, -0.15) is 0 Å². The molecule has 1 atom stereocenters. The molecule has 0 bridgehead atoms. The molecule has 0 fully saturated rings. The number of benzene rings is 2. The van der Waals surface area contributed by atoms with Gasteiger partial charge in [0.2, 0.25) is 0 Å². The Balaban J connectivity index is 2.46. The van der Waals surface area contributed by atoms with Crippen LogP contribution in [-0.2, 0) is 0 Å². The molecular formula is C15H13BrF2O. The number of aryl methyl sites for hydroxylation is 2. The molecule has 0 aliphatic carbocycles. The zero-order valence-corrected chi connectivity index (χ0v) is 12.1. The van der Waals surface area contributed by atoms with Gasteiger partial charge in [0.25, 0.3) is 0 Å². The molecule has 0 heterocycles. The van der Waals surface area contributed by atoms with E-state index in [9.17, 15) is 13.9 Å². The van der Waals surface area contributed by atoms with Crippen LogP contribution < -0.4 is 0 Å². The van der Waals surface area contributed by atoms with E-state index in [2.05, 4.69) is 15.9 Å². The van der Waals surface area contributed by atoms with Crippen molar-refractivity contribution >= 4 is 15.9 Å². The second kappa shape index (κ2) is 5.39. The van der Waals surface area contributed by atoms with Crippen LogP contribution in [0.1, 0.15) is 28.4 Å². The summed E-state index contributed by atoms with van der Waals surface area (Å²) in [7, 11) is 0. The number of rotatable bonds is 2. The van der Waals surface area contributed by atoms with E-state index in [4.69, 9.17) is 0 Å². The van der Waals surface area contributed by atoms with Gasteiger partial charge in [0.15, 0.2) is 0 Å². The number of hydrogen-bond donors (Lipinski definition) is 1. The predicted molar refractivity (Wildman–Crippen MR) is 74.0 cm³/mol. The molecule has 0 radical (unpaired) electrons. The Kier molecular flexibility index (Phi) is 4.02. The third-order valence-corrected chi connectivity index (χ3v) is 3.43. The van der Waals surface area contributed by atoms with Gasteiger partial charge in [0.1, 0.15) is 17.7 Å². The first-order valence-electron chi connectivity index (χ1n) is 5.79. The maximum absolute atomic E-state index is 13.6. The minimum absolute atomic E-state index is 0.281. The Bertz CT molecular complexity index is 582. The third-order valence-electron chi connectivity index (χ3n) is 2.98. The number of aliphatic hydroxyl groups is 1. The molecule has 1 unspecified atom stereocenters. The molecule has 0 aliphatic heterocycles. The summed E-state index contributed by atoms with van der Waals surface area (Å²) in [5, 5.41) is 10.3. The zero-order chi connectivity index (χ0) is 14.2. The Hall–Kier alpha value is -1.26. The van der Waals surface area contributed by atoms with Crippen LogP contribution in [0.25, 0.3) is 0 Å². The van der Waals surface area contributed by atoms with E-state index in [1.807, 2.05) is 0 Å².